The summed E-state index contributed by atoms with van der Waals surface area (Å²) in [5.74, 6) is 0.630. The Morgan fingerprint density at radius 3 is 2.52 bits per heavy atom. The van der Waals surface area contributed by atoms with Gasteiger partial charge in [-0.15, -0.1) is 0 Å². The number of aryl methyl sites for hydroxylation is 2. The van der Waals surface area contributed by atoms with Gasteiger partial charge in [0.2, 0.25) is 5.91 Å². The largest absolute Gasteiger partial charge is 0.341 e. The maximum absolute atomic E-state index is 13.1. The number of benzene rings is 1. The molecule has 3 rings (SSSR count). The number of likely N-dealkylation sites (tertiary alicyclic amines) is 1. The van der Waals surface area contributed by atoms with E-state index in [4.69, 9.17) is 5.73 Å². The molecule has 1 fully saturated rings. The van der Waals surface area contributed by atoms with Crippen molar-refractivity contribution in [3.8, 4) is 0 Å². The fourth-order valence-corrected chi connectivity index (χ4v) is 4.18. The van der Waals surface area contributed by atoms with Crippen LogP contribution in [0.15, 0.2) is 30.3 Å². The summed E-state index contributed by atoms with van der Waals surface area (Å²) in [7, 11) is 1.93. The number of nitrogens with two attached hydrogens (primary N) is 1. The summed E-state index contributed by atoms with van der Waals surface area (Å²) in [6.07, 6.45) is 0. The van der Waals surface area contributed by atoms with E-state index in [2.05, 4.69) is 29.4 Å². The van der Waals surface area contributed by atoms with Gasteiger partial charge in [-0.3, -0.25) is 9.48 Å². The van der Waals surface area contributed by atoms with Gasteiger partial charge in [0.15, 0.2) is 0 Å². The number of carbonyl (C=O) groups is 1. The number of amides is 1. The van der Waals surface area contributed by atoms with Crippen LogP contribution in [0.25, 0.3) is 0 Å². The Morgan fingerprint density at radius 1 is 1.28 bits per heavy atom. The molecule has 0 aliphatic carbocycles. The van der Waals surface area contributed by atoms with Gasteiger partial charge in [0.25, 0.3) is 0 Å². The Hall–Kier alpha value is -2.14. The quantitative estimate of drug-likeness (QED) is 0.929. The van der Waals surface area contributed by atoms with Crippen molar-refractivity contribution in [3.05, 3.63) is 52.8 Å². The zero-order valence-corrected chi connectivity index (χ0v) is 15.6. The zero-order valence-electron chi connectivity index (χ0n) is 15.6. The van der Waals surface area contributed by atoms with E-state index in [1.54, 1.807) is 0 Å². The van der Waals surface area contributed by atoms with Crippen LogP contribution in [0.1, 0.15) is 41.3 Å². The molecule has 1 aromatic heterocycles. The summed E-state index contributed by atoms with van der Waals surface area (Å²) in [5.41, 5.74) is 10.3. The van der Waals surface area contributed by atoms with Gasteiger partial charge in [-0.1, -0.05) is 30.3 Å². The second-order valence-electron chi connectivity index (χ2n) is 7.19. The Morgan fingerprint density at radius 2 is 1.96 bits per heavy atom. The maximum Gasteiger partial charge on any atom is 0.230 e. The van der Waals surface area contributed by atoms with Crippen molar-refractivity contribution in [2.45, 2.75) is 32.6 Å². The molecule has 1 aliphatic heterocycles. The molecule has 5 nitrogen and oxygen atoms in total. The molecular weight excluding hydrogens is 312 g/mol. The van der Waals surface area contributed by atoms with Gasteiger partial charge in [0.05, 0.1) is 11.6 Å². The number of rotatable bonds is 4. The third kappa shape index (κ3) is 3.21. The molecule has 2 aromatic rings. The average Bonchev–Trinajstić information content (AvgIpc) is 3.15. The molecule has 1 aliphatic rings. The molecule has 2 heterocycles. The van der Waals surface area contributed by atoms with Crippen molar-refractivity contribution in [2.75, 3.05) is 19.6 Å². The predicted octanol–water partition coefficient (Wildman–Crippen LogP) is 2.34. The summed E-state index contributed by atoms with van der Waals surface area (Å²) >= 11 is 0. The third-order valence-electron chi connectivity index (χ3n) is 5.65. The van der Waals surface area contributed by atoms with Gasteiger partial charge in [-0.25, -0.2) is 0 Å². The molecule has 2 N–H and O–H groups in total. The van der Waals surface area contributed by atoms with Gasteiger partial charge in [-0.05, 0) is 38.8 Å². The van der Waals surface area contributed by atoms with E-state index in [1.165, 1.54) is 5.56 Å². The van der Waals surface area contributed by atoms with Gasteiger partial charge in [0.1, 0.15) is 0 Å². The van der Waals surface area contributed by atoms with Crippen LogP contribution in [0.4, 0.5) is 0 Å². The SMILES string of the molecule is Cc1nn(C)c(C)c1C(C)C(=O)N1C[C@@H](CN)[C@H](c2ccccc2)C1. The highest BCUT2D eigenvalue weighted by Gasteiger charge is 2.37. The summed E-state index contributed by atoms with van der Waals surface area (Å²) in [6, 6.07) is 10.4. The summed E-state index contributed by atoms with van der Waals surface area (Å²) in [5, 5.41) is 4.46. The van der Waals surface area contributed by atoms with Crippen molar-refractivity contribution < 1.29 is 4.79 Å². The van der Waals surface area contributed by atoms with Crippen LogP contribution in [0.5, 0.6) is 0 Å². The molecule has 1 saturated heterocycles. The van der Waals surface area contributed by atoms with Crippen molar-refractivity contribution in [1.29, 1.82) is 0 Å². The van der Waals surface area contributed by atoms with Crippen molar-refractivity contribution in [2.24, 2.45) is 18.7 Å². The fourth-order valence-electron chi connectivity index (χ4n) is 4.18. The lowest BCUT2D eigenvalue weighted by Crippen LogP contribution is -2.33. The Labute approximate surface area is 149 Å². The van der Waals surface area contributed by atoms with Crippen LogP contribution in [-0.2, 0) is 11.8 Å². The molecule has 0 saturated carbocycles. The van der Waals surface area contributed by atoms with E-state index >= 15 is 0 Å². The Kier molecular flexibility index (Phi) is 4.95. The van der Waals surface area contributed by atoms with Crippen LogP contribution < -0.4 is 5.73 Å². The maximum atomic E-state index is 13.1. The Bertz CT molecular complexity index is 753. The highest BCUT2D eigenvalue weighted by molar-refractivity contribution is 5.84. The minimum atomic E-state index is -0.179. The van der Waals surface area contributed by atoms with Gasteiger partial charge >= 0.3 is 0 Å². The molecule has 25 heavy (non-hydrogen) atoms. The van der Waals surface area contributed by atoms with Crippen LogP contribution in [-0.4, -0.2) is 40.2 Å². The lowest BCUT2D eigenvalue weighted by molar-refractivity contribution is -0.131. The molecule has 1 unspecified atom stereocenters. The summed E-state index contributed by atoms with van der Waals surface area (Å²) in [4.78, 5) is 15.1. The first-order valence-electron chi connectivity index (χ1n) is 8.97. The molecule has 3 atom stereocenters. The van der Waals surface area contributed by atoms with E-state index in [-0.39, 0.29) is 11.8 Å². The lowest BCUT2D eigenvalue weighted by Gasteiger charge is -2.21. The minimum absolute atomic E-state index is 0.177. The molecule has 134 valence electrons. The van der Waals surface area contributed by atoms with Crippen LogP contribution in [0.2, 0.25) is 0 Å². The first-order chi connectivity index (χ1) is 11.9. The molecule has 1 aromatic carbocycles. The van der Waals surface area contributed by atoms with Crippen LogP contribution >= 0.6 is 0 Å². The number of aromatic nitrogens is 2. The summed E-state index contributed by atoms with van der Waals surface area (Å²) < 4.78 is 1.86. The second-order valence-corrected chi connectivity index (χ2v) is 7.19. The number of hydrogen-bond acceptors (Lipinski definition) is 3. The lowest BCUT2D eigenvalue weighted by atomic mass is 9.89. The molecular formula is C20H28N4O. The first-order valence-corrected chi connectivity index (χ1v) is 8.97. The molecule has 1 amide bonds. The van der Waals surface area contributed by atoms with E-state index in [0.29, 0.717) is 18.4 Å². The molecule has 5 heteroatoms. The normalized spacial score (nSPS) is 21.6. The van der Waals surface area contributed by atoms with Gasteiger partial charge in [0, 0.05) is 37.3 Å². The number of hydrogen-bond donors (Lipinski definition) is 1. The number of nitrogens with zero attached hydrogens (tertiary/aromatic N) is 3. The number of carbonyl (C=O) groups excluding carboxylic acids is 1. The van der Waals surface area contributed by atoms with Crippen molar-refractivity contribution in [1.82, 2.24) is 14.7 Å². The molecule has 0 bridgehead atoms. The van der Waals surface area contributed by atoms with Crippen LogP contribution in [0, 0.1) is 19.8 Å². The second kappa shape index (κ2) is 7.00. The van der Waals surface area contributed by atoms with Gasteiger partial charge in [-0.2, -0.15) is 5.10 Å². The third-order valence-corrected chi connectivity index (χ3v) is 5.65. The van der Waals surface area contributed by atoms with E-state index in [9.17, 15) is 4.79 Å². The monoisotopic (exact) mass is 340 g/mol. The summed E-state index contributed by atoms with van der Waals surface area (Å²) in [6.45, 7) is 8.07. The van der Waals surface area contributed by atoms with E-state index in [0.717, 1.165) is 30.0 Å². The first kappa shape index (κ1) is 17.7. The zero-order chi connectivity index (χ0) is 18.1. The van der Waals surface area contributed by atoms with Crippen molar-refractivity contribution >= 4 is 5.91 Å². The highest BCUT2D eigenvalue weighted by Crippen LogP contribution is 2.34. The minimum Gasteiger partial charge on any atom is -0.341 e. The van der Waals surface area contributed by atoms with E-state index in [1.807, 2.05) is 43.5 Å². The molecule has 0 spiro atoms. The smallest absolute Gasteiger partial charge is 0.230 e. The van der Waals surface area contributed by atoms with Crippen LogP contribution in [0.3, 0.4) is 0 Å². The van der Waals surface area contributed by atoms with Gasteiger partial charge < -0.3 is 10.6 Å². The topological polar surface area (TPSA) is 64.2 Å². The predicted molar refractivity (Wildman–Crippen MR) is 99.4 cm³/mol. The van der Waals surface area contributed by atoms with Crippen molar-refractivity contribution in [3.63, 3.8) is 0 Å². The van der Waals surface area contributed by atoms with E-state index < -0.39 is 0 Å². The molecule has 0 radical (unpaired) electrons. The average molecular weight is 340 g/mol. The standard InChI is InChI=1S/C20H28N4O/c1-13(19-14(2)22-23(4)15(19)3)20(25)24-11-17(10-21)18(12-24)16-8-6-5-7-9-16/h5-9,13,17-18H,10-12,21H2,1-4H3/t13?,17-,18+/m1/s1. The fraction of sp³-hybridized carbons (Fsp3) is 0.500. The highest BCUT2D eigenvalue weighted by atomic mass is 16.2. The Balaban J connectivity index is 1.81.